The number of hydrogen-bond acceptors (Lipinski definition) is 4. The number of rotatable bonds is 8. The Morgan fingerprint density at radius 2 is 1.86 bits per heavy atom. The smallest absolute Gasteiger partial charge is 0.232 e. The quantitative estimate of drug-likeness (QED) is 0.771. The molecule has 6 nitrogen and oxygen atoms in total. The van der Waals surface area contributed by atoms with Crippen molar-refractivity contribution in [3.05, 3.63) is 29.8 Å². The molecule has 0 bridgehead atoms. The first-order chi connectivity index (χ1) is 9.65. The van der Waals surface area contributed by atoms with Crippen molar-refractivity contribution in [1.82, 2.24) is 4.72 Å². The Kier molecular flexibility index (Phi) is 6.18. The van der Waals surface area contributed by atoms with Gasteiger partial charge in [0.05, 0.1) is 17.7 Å². The van der Waals surface area contributed by atoms with Crippen LogP contribution in [-0.2, 0) is 20.0 Å². The summed E-state index contributed by atoms with van der Waals surface area (Å²) in [6.07, 6.45) is 1.62. The fraction of sp³-hybridized carbons (Fsp3) is 0.538. The molecule has 0 spiro atoms. The summed E-state index contributed by atoms with van der Waals surface area (Å²) in [4.78, 5) is 0. The Balaban J connectivity index is 2.83. The highest BCUT2D eigenvalue weighted by atomic mass is 32.2. The monoisotopic (exact) mass is 334 g/mol. The zero-order chi connectivity index (χ0) is 16.1. The van der Waals surface area contributed by atoms with E-state index in [1.54, 1.807) is 25.1 Å². The molecule has 0 saturated carbocycles. The van der Waals surface area contributed by atoms with Gasteiger partial charge in [-0.2, -0.15) is 0 Å². The zero-order valence-corrected chi connectivity index (χ0v) is 14.2. The molecule has 1 aromatic rings. The maximum Gasteiger partial charge on any atom is 0.232 e. The molecule has 0 fully saturated rings. The maximum absolute atomic E-state index is 11.9. The van der Waals surface area contributed by atoms with Crippen LogP contribution in [0.4, 0.5) is 5.69 Å². The second-order valence-corrected chi connectivity index (χ2v) is 8.72. The van der Waals surface area contributed by atoms with Crippen LogP contribution in [0.25, 0.3) is 0 Å². The number of anilines is 1. The molecule has 21 heavy (non-hydrogen) atoms. The number of aryl methyl sites for hydroxylation is 1. The molecular formula is C13H22N2O4S2. The van der Waals surface area contributed by atoms with Gasteiger partial charge in [-0.25, -0.2) is 21.6 Å². The summed E-state index contributed by atoms with van der Waals surface area (Å²) >= 11 is 0. The lowest BCUT2D eigenvalue weighted by atomic mass is 10.2. The van der Waals surface area contributed by atoms with E-state index in [-0.39, 0.29) is 18.8 Å². The van der Waals surface area contributed by atoms with Crippen molar-refractivity contribution in [2.24, 2.45) is 0 Å². The molecule has 0 heterocycles. The van der Waals surface area contributed by atoms with Gasteiger partial charge in [-0.1, -0.05) is 19.1 Å². The molecule has 0 aromatic heterocycles. The van der Waals surface area contributed by atoms with Crippen LogP contribution in [-0.4, -0.2) is 41.9 Å². The number of nitrogens with zero attached hydrogens (tertiary/aromatic N) is 1. The molecule has 0 atom stereocenters. The molecule has 8 heteroatoms. The molecule has 120 valence electrons. The molecule has 0 aliphatic carbocycles. The van der Waals surface area contributed by atoms with Crippen LogP contribution in [0.15, 0.2) is 24.3 Å². The van der Waals surface area contributed by atoms with Crippen molar-refractivity contribution in [3.63, 3.8) is 0 Å². The van der Waals surface area contributed by atoms with E-state index in [0.29, 0.717) is 12.1 Å². The normalized spacial score (nSPS) is 12.3. The summed E-state index contributed by atoms with van der Waals surface area (Å²) in [5, 5.41) is 0. The molecule has 0 amide bonds. The Hall–Kier alpha value is -1.12. The lowest BCUT2D eigenvalue weighted by molar-refractivity contribution is 0.577. The van der Waals surface area contributed by atoms with E-state index in [9.17, 15) is 16.8 Å². The van der Waals surface area contributed by atoms with Gasteiger partial charge in [0.2, 0.25) is 20.0 Å². The van der Waals surface area contributed by atoms with Gasteiger partial charge in [0.25, 0.3) is 0 Å². The maximum atomic E-state index is 11.9. The van der Waals surface area contributed by atoms with Crippen LogP contribution in [0.2, 0.25) is 0 Å². The van der Waals surface area contributed by atoms with Crippen molar-refractivity contribution < 1.29 is 16.8 Å². The molecule has 0 radical (unpaired) electrons. The van der Waals surface area contributed by atoms with E-state index in [4.69, 9.17) is 0 Å². The summed E-state index contributed by atoms with van der Waals surface area (Å²) in [6.45, 7) is 3.75. The first kappa shape index (κ1) is 17.9. The van der Waals surface area contributed by atoms with E-state index < -0.39 is 20.0 Å². The fourth-order valence-corrected chi connectivity index (χ4v) is 3.92. The lowest BCUT2D eigenvalue weighted by Crippen LogP contribution is -2.38. The van der Waals surface area contributed by atoms with E-state index in [0.717, 1.165) is 11.8 Å². The van der Waals surface area contributed by atoms with Gasteiger partial charge in [0.15, 0.2) is 0 Å². The first-order valence-corrected chi connectivity index (χ1v) is 10.2. The molecule has 0 aliphatic rings. The standard InChI is InChI=1S/C13H22N2O4S2/c1-4-10-21(18,19)14-8-9-15(20(3,16)17)13-7-5-6-12(2)11-13/h5-7,11,14H,4,8-10H2,1-3H3. The Bertz CT molecular complexity index is 669. The highest BCUT2D eigenvalue weighted by Gasteiger charge is 2.18. The topological polar surface area (TPSA) is 83.6 Å². The molecule has 0 unspecified atom stereocenters. The molecule has 0 saturated heterocycles. The average molecular weight is 334 g/mol. The van der Waals surface area contributed by atoms with Gasteiger partial charge >= 0.3 is 0 Å². The van der Waals surface area contributed by atoms with E-state index in [2.05, 4.69) is 4.72 Å². The van der Waals surface area contributed by atoms with E-state index in [1.165, 1.54) is 4.31 Å². The minimum Gasteiger partial charge on any atom is -0.269 e. The summed E-state index contributed by atoms with van der Waals surface area (Å²) in [5.74, 6) is 0.0380. The minimum absolute atomic E-state index is 0.0380. The van der Waals surface area contributed by atoms with Crippen LogP contribution in [0.1, 0.15) is 18.9 Å². The Morgan fingerprint density at radius 1 is 1.19 bits per heavy atom. The number of hydrogen-bond donors (Lipinski definition) is 1. The van der Waals surface area contributed by atoms with Crippen LogP contribution in [0.3, 0.4) is 0 Å². The van der Waals surface area contributed by atoms with Crippen molar-refractivity contribution in [2.75, 3.05) is 29.4 Å². The third-order valence-electron chi connectivity index (χ3n) is 2.80. The molecular weight excluding hydrogens is 312 g/mol. The van der Waals surface area contributed by atoms with Gasteiger partial charge in [-0.15, -0.1) is 0 Å². The number of benzene rings is 1. The third kappa shape index (κ3) is 6.03. The average Bonchev–Trinajstić information content (AvgIpc) is 2.33. The van der Waals surface area contributed by atoms with Crippen molar-refractivity contribution in [3.8, 4) is 0 Å². The van der Waals surface area contributed by atoms with Gasteiger partial charge in [-0.05, 0) is 31.0 Å². The SMILES string of the molecule is CCCS(=O)(=O)NCCN(c1cccc(C)c1)S(C)(=O)=O. The second kappa shape index (κ2) is 7.24. The third-order valence-corrected chi connectivity index (χ3v) is 5.58. The molecule has 1 N–H and O–H groups in total. The van der Waals surface area contributed by atoms with Crippen LogP contribution >= 0.6 is 0 Å². The van der Waals surface area contributed by atoms with Crippen molar-refractivity contribution >= 4 is 25.7 Å². The summed E-state index contributed by atoms with van der Waals surface area (Å²) < 4.78 is 50.5. The number of nitrogens with one attached hydrogen (secondary N) is 1. The van der Waals surface area contributed by atoms with Crippen LogP contribution < -0.4 is 9.03 Å². The summed E-state index contributed by atoms with van der Waals surface area (Å²) in [5.41, 5.74) is 1.47. The van der Waals surface area contributed by atoms with Gasteiger partial charge < -0.3 is 0 Å². The highest BCUT2D eigenvalue weighted by molar-refractivity contribution is 7.92. The van der Waals surface area contributed by atoms with E-state index in [1.807, 2.05) is 13.0 Å². The van der Waals surface area contributed by atoms with Crippen LogP contribution in [0, 0.1) is 6.92 Å². The molecule has 0 aliphatic heterocycles. The van der Waals surface area contributed by atoms with Gasteiger partial charge in [-0.3, -0.25) is 4.31 Å². The number of sulfonamides is 2. The summed E-state index contributed by atoms with van der Waals surface area (Å²) in [6, 6.07) is 7.08. The fourth-order valence-electron chi connectivity index (χ4n) is 1.91. The first-order valence-electron chi connectivity index (χ1n) is 6.67. The second-order valence-electron chi connectivity index (χ2n) is 4.89. The van der Waals surface area contributed by atoms with Gasteiger partial charge in [0, 0.05) is 13.1 Å². The van der Waals surface area contributed by atoms with E-state index >= 15 is 0 Å². The Labute approximate surface area is 127 Å². The Morgan fingerprint density at radius 3 is 2.38 bits per heavy atom. The molecule has 1 aromatic carbocycles. The minimum atomic E-state index is -3.47. The predicted octanol–water partition coefficient (Wildman–Crippen LogP) is 1.09. The largest absolute Gasteiger partial charge is 0.269 e. The summed E-state index contributed by atoms with van der Waals surface area (Å²) in [7, 11) is -6.80. The van der Waals surface area contributed by atoms with Gasteiger partial charge in [0.1, 0.15) is 0 Å². The zero-order valence-electron chi connectivity index (χ0n) is 12.5. The highest BCUT2D eigenvalue weighted by Crippen LogP contribution is 2.18. The molecule has 1 rings (SSSR count). The van der Waals surface area contributed by atoms with Crippen molar-refractivity contribution in [1.29, 1.82) is 0 Å². The van der Waals surface area contributed by atoms with Crippen LogP contribution in [0.5, 0.6) is 0 Å². The lowest BCUT2D eigenvalue weighted by Gasteiger charge is -2.23. The predicted molar refractivity (Wildman–Crippen MR) is 85.4 cm³/mol. The van der Waals surface area contributed by atoms with Crippen molar-refractivity contribution in [2.45, 2.75) is 20.3 Å².